The Morgan fingerprint density at radius 3 is 2.76 bits per heavy atom. The van der Waals surface area contributed by atoms with E-state index in [2.05, 4.69) is 17.1 Å². The van der Waals surface area contributed by atoms with Crippen LogP contribution in [0.5, 0.6) is 0 Å². The van der Waals surface area contributed by atoms with Gasteiger partial charge in [0.05, 0.1) is 6.10 Å². The predicted octanol–water partition coefficient (Wildman–Crippen LogP) is 2.02. The number of rotatable bonds is 7. The third kappa shape index (κ3) is 3.67. The zero-order chi connectivity index (χ0) is 12.1. The molecule has 1 aliphatic heterocycles. The van der Waals surface area contributed by atoms with Crippen LogP contribution in [-0.4, -0.2) is 49.8 Å². The maximum Gasteiger partial charge on any atom is 0.0601 e. The molecule has 100 valence electrons. The average Bonchev–Trinajstić information content (AvgIpc) is 2.77. The van der Waals surface area contributed by atoms with Gasteiger partial charge < -0.3 is 10.1 Å². The number of nitrogens with zero attached hydrogens (tertiary/aromatic N) is 1. The molecule has 3 nitrogen and oxygen atoms in total. The van der Waals surface area contributed by atoms with Crippen LogP contribution in [0.4, 0.5) is 0 Å². The summed E-state index contributed by atoms with van der Waals surface area (Å²) in [5.74, 6) is 0. The van der Waals surface area contributed by atoms with Crippen molar-refractivity contribution in [3.8, 4) is 0 Å². The van der Waals surface area contributed by atoms with E-state index < -0.39 is 0 Å². The second-order valence-corrected chi connectivity index (χ2v) is 5.62. The van der Waals surface area contributed by atoms with Gasteiger partial charge in [-0.25, -0.2) is 0 Å². The summed E-state index contributed by atoms with van der Waals surface area (Å²) in [6.07, 6.45) is 8.37. The molecule has 1 saturated heterocycles. The lowest BCUT2D eigenvalue weighted by atomic mass is 9.87. The molecule has 0 bridgehead atoms. The third-order valence-corrected chi connectivity index (χ3v) is 4.34. The van der Waals surface area contributed by atoms with Gasteiger partial charge in [-0.2, -0.15) is 0 Å². The first-order valence-corrected chi connectivity index (χ1v) is 7.33. The highest BCUT2D eigenvalue weighted by Crippen LogP contribution is 2.28. The van der Waals surface area contributed by atoms with Crippen LogP contribution in [0, 0.1) is 0 Å². The molecular weight excluding hydrogens is 212 g/mol. The Morgan fingerprint density at radius 1 is 1.35 bits per heavy atom. The number of hydrogen-bond acceptors (Lipinski definition) is 3. The van der Waals surface area contributed by atoms with Gasteiger partial charge in [-0.1, -0.05) is 13.3 Å². The van der Waals surface area contributed by atoms with Crippen molar-refractivity contribution in [1.82, 2.24) is 10.2 Å². The number of ether oxygens (including phenoxy) is 1. The summed E-state index contributed by atoms with van der Waals surface area (Å²) in [4.78, 5) is 2.71. The van der Waals surface area contributed by atoms with Gasteiger partial charge in [-0.3, -0.25) is 4.90 Å². The molecule has 2 aliphatic rings. The second-order valence-electron chi connectivity index (χ2n) is 5.62. The summed E-state index contributed by atoms with van der Waals surface area (Å²) in [6, 6.07) is 1.53. The summed E-state index contributed by atoms with van der Waals surface area (Å²) in [5.41, 5.74) is 0. The molecule has 0 aromatic heterocycles. The lowest BCUT2D eigenvalue weighted by molar-refractivity contribution is -0.0295. The van der Waals surface area contributed by atoms with E-state index in [1.807, 2.05) is 7.11 Å². The van der Waals surface area contributed by atoms with Gasteiger partial charge in [-0.15, -0.1) is 0 Å². The monoisotopic (exact) mass is 240 g/mol. The van der Waals surface area contributed by atoms with Crippen LogP contribution in [0.1, 0.15) is 45.4 Å². The quantitative estimate of drug-likeness (QED) is 0.737. The molecule has 2 fully saturated rings. The summed E-state index contributed by atoms with van der Waals surface area (Å²) < 4.78 is 5.40. The number of nitrogens with one attached hydrogen (secondary N) is 1. The molecule has 0 spiro atoms. The molecule has 1 saturated carbocycles. The third-order valence-electron chi connectivity index (χ3n) is 4.34. The molecule has 2 rings (SSSR count). The SMILES string of the molecule is CCCCN(CC1CCCN1)C1CC(OC)C1. The van der Waals surface area contributed by atoms with Crippen LogP contribution in [0.2, 0.25) is 0 Å². The highest BCUT2D eigenvalue weighted by atomic mass is 16.5. The fraction of sp³-hybridized carbons (Fsp3) is 1.00. The van der Waals surface area contributed by atoms with E-state index in [0.29, 0.717) is 6.10 Å². The first kappa shape index (κ1) is 13.3. The van der Waals surface area contributed by atoms with E-state index in [1.165, 1.54) is 58.2 Å². The van der Waals surface area contributed by atoms with Crippen molar-refractivity contribution in [2.75, 3.05) is 26.7 Å². The van der Waals surface area contributed by atoms with Gasteiger partial charge in [0.2, 0.25) is 0 Å². The molecule has 0 radical (unpaired) electrons. The minimum Gasteiger partial charge on any atom is -0.381 e. The van der Waals surface area contributed by atoms with Gasteiger partial charge in [-0.05, 0) is 45.2 Å². The largest absolute Gasteiger partial charge is 0.381 e. The van der Waals surface area contributed by atoms with E-state index in [4.69, 9.17) is 4.74 Å². The van der Waals surface area contributed by atoms with Gasteiger partial charge in [0.1, 0.15) is 0 Å². The van der Waals surface area contributed by atoms with E-state index in [-0.39, 0.29) is 0 Å². The minimum atomic E-state index is 0.528. The Bertz CT molecular complexity index is 210. The average molecular weight is 240 g/mol. The Hall–Kier alpha value is -0.120. The van der Waals surface area contributed by atoms with Gasteiger partial charge in [0, 0.05) is 25.7 Å². The molecular formula is C14H28N2O. The van der Waals surface area contributed by atoms with E-state index in [0.717, 1.165) is 12.1 Å². The van der Waals surface area contributed by atoms with Gasteiger partial charge >= 0.3 is 0 Å². The topological polar surface area (TPSA) is 24.5 Å². The predicted molar refractivity (Wildman–Crippen MR) is 71.3 cm³/mol. The molecule has 0 amide bonds. The maximum absolute atomic E-state index is 5.40. The van der Waals surface area contributed by atoms with Crippen LogP contribution in [-0.2, 0) is 4.74 Å². The second kappa shape index (κ2) is 6.72. The first-order chi connectivity index (χ1) is 8.33. The molecule has 1 heterocycles. The van der Waals surface area contributed by atoms with Crippen LogP contribution in [0.25, 0.3) is 0 Å². The Kier molecular flexibility index (Phi) is 5.26. The van der Waals surface area contributed by atoms with E-state index >= 15 is 0 Å². The first-order valence-electron chi connectivity index (χ1n) is 7.33. The number of unbranched alkanes of at least 4 members (excludes halogenated alkanes) is 1. The summed E-state index contributed by atoms with van der Waals surface area (Å²) >= 11 is 0. The van der Waals surface area contributed by atoms with Crippen molar-refractivity contribution in [2.45, 2.75) is 63.6 Å². The van der Waals surface area contributed by atoms with Gasteiger partial charge in [0.15, 0.2) is 0 Å². The summed E-state index contributed by atoms with van der Waals surface area (Å²) in [6.45, 7) is 6.03. The highest BCUT2D eigenvalue weighted by Gasteiger charge is 2.34. The lowest BCUT2D eigenvalue weighted by Gasteiger charge is -2.43. The number of hydrogen-bond donors (Lipinski definition) is 1. The van der Waals surface area contributed by atoms with E-state index in [1.54, 1.807) is 0 Å². The molecule has 1 unspecified atom stereocenters. The fourth-order valence-electron chi connectivity index (χ4n) is 3.01. The normalized spacial score (nSPS) is 33.0. The van der Waals surface area contributed by atoms with Crippen LogP contribution >= 0.6 is 0 Å². The highest BCUT2D eigenvalue weighted by molar-refractivity contribution is 4.90. The van der Waals surface area contributed by atoms with Crippen LogP contribution < -0.4 is 5.32 Å². The molecule has 1 atom stereocenters. The van der Waals surface area contributed by atoms with Crippen molar-refractivity contribution in [1.29, 1.82) is 0 Å². The molecule has 0 aromatic rings. The van der Waals surface area contributed by atoms with Crippen molar-refractivity contribution in [3.05, 3.63) is 0 Å². The van der Waals surface area contributed by atoms with Crippen LogP contribution in [0.3, 0.4) is 0 Å². The molecule has 17 heavy (non-hydrogen) atoms. The summed E-state index contributed by atoms with van der Waals surface area (Å²) in [5, 5.41) is 3.62. The number of methoxy groups -OCH3 is 1. The van der Waals surface area contributed by atoms with E-state index in [9.17, 15) is 0 Å². The van der Waals surface area contributed by atoms with Crippen molar-refractivity contribution >= 4 is 0 Å². The molecule has 0 aromatic carbocycles. The van der Waals surface area contributed by atoms with Crippen LogP contribution in [0.15, 0.2) is 0 Å². The Morgan fingerprint density at radius 2 is 2.18 bits per heavy atom. The van der Waals surface area contributed by atoms with Crippen molar-refractivity contribution in [2.24, 2.45) is 0 Å². The lowest BCUT2D eigenvalue weighted by Crippen LogP contribution is -2.51. The smallest absolute Gasteiger partial charge is 0.0601 e. The Labute approximate surface area is 106 Å². The maximum atomic E-state index is 5.40. The van der Waals surface area contributed by atoms with Crippen molar-refractivity contribution < 1.29 is 4.74 Å². The summed E-state index contributed by atoms with van der Waals surface area (Å²) in [7, 11) is 1.84. The zero-order valence-corrected chi connectivity index (χ0v) is 11.5. The fourth-order valence-corrected chi connectivity index (χ4v) is 3.01. The zero-order valence-electron chi connectivity index (χ0n) is 11.5. The molecule has 1 N–H and O–H groups in total. The standard InChI is InChI=1S/C14H28N2O/c1-3-4-8-16(11-12-6-5-7-15-12)13-9-14(10-13)17-2/h12-15H,3-11H2,1-2H3. The van der Waals surface area contributed by atoms with Crippen molar-refractivity contribution in [3.63, 3.8) is 0 Å². The Balaban J connectivity index is 1.76. The molecule has 3 heteroatoms. The molecule has 1 aliphatic carbocycles. The minimum absolute atomic E-state index is 0.528. The van der Waals surface area contributed by atoms with Gasteiger partial charge in [0.25, 0.3) is 0 Å².